The number of carbonyl (C=O) groups excluding carboxylic acids is 1. The van der Waals surface area contributed by atoms with E-state index in [-0.39, 0.29) is 29.0 Å². The number of nitro groups is 1. The van der Waals surface area contributed by atoms with Gasteiger partial charge in [0.1, 0.15) is 0 Å². The fourth-order valence-electron chi connectivity index (χ4n) is 1.77. The van der Waals surface area contributed by atoms with E-state index in [1.54, 1.807) is 6.92 Å². The van der Waals surface area contributed by atoms with Crippen molar-refractivity contribution in [1.82, 2.24) is 4.98 Å². The van der Waals surface area contributed by atoms with Gasteiger partial charge < -0.3 is 15.5 Å². The summed E-state index contributed by atoms with van der Waals surface area (Å²) in [6, 6.07) is 1.62. The third kappa shape index (κ3) is 4.54. The maximum Gasteiger partial charge on any atom is 0.277 e. The van der Waals surface area contributed by atoms with Crippen molar-refractivity contribution in [3.05, 3.63) is 50.4 Å². The van der Waals surface area contributed by atoms with Crippen LogP contribution >= 0.6 is 0 Å². The zero-order valence-electron chi connectivity index (χ0n) is 12.1. The van der Waals surface area contributed by atoms with Gasteiger partial charge in [0.05, 0.1) is 5.69 Å². The lowest BCUT2D eigenvalue weighted by molar-refractivity contribution is -0.512. The lowest BCUT2D eigenvalue weighted by Gasteiger charge is -2.08. The van der Waals surface area contributed by atoms with E-state index in [4.69, 9.17) is 5.21 Å². The Balaban J connectivity index is 2.91. The van der Waals surface area contributed by atoms with Crippen molar-refractivity contribution in [1.29, 1.82) is 0 Å². The number of nitrogens with zero attached hydrogens (tertiary/aromatic N) is 2. The minimum absolute atomic E-state index is 0.246. The van der Waals surface area contributed by atoms with Crippen LogP contribution in [0, 0.1) is 10.1 Å². The van der Waals surface area contributed by atoms with E-state index < -0.39 is 16.9 Å². The maximum atomic E-state index is 11.9. The molecule has 0 aliphatic rings. The van der Waals surface area contributed by atoms with Crippen molar-refractivity contribution in [2.75, 3.05) is 5.32 Å². The number of aromatic amines is 1. The summed E-state index contributed by atoms with van der Waals surface area (Å²) < 4.78 is 0. The lowest BCUT2D eigenvalue weighted by atomic mass is 10.1. The highest BCUT2D eigenvalue weighted by Gasteiger charge is 2.21. The molecule has 118 valence electrons. The number of H-pyrrole nitrogens is 1. The van der Waals surface area contributed by atoms with Crippen LogP contribution in [0.4, 0.5) is 5.69 Å². The smallest absolute Gasteiger partial charge is 0.277 e. The van der Waals surface area contributed by atoms with Gasteiger partial charge in [-0.15, -0.1) is 0 Å². The number of pyridine rings is 1. The molecule has 1 heterocycles. The standard InChI is InChI=1S/C13H16N4O5/c1-3-11(17(21)22)8(2)6-10(16-20)13(19)15-9-4-5-12(18)14-7-9/h4-7,11,20H,3H2,1-2H3,(H,14,18)(H,15,19). The van der Waals surface area contributed by atoms with E-state index in [9.17, 15) is 19.7 Å². The predicted octanol–water partition coefficient (Wildman–Crippen LogP) is 1.15. The van der Waals surface area contributed by atoms with Crippen molar-refractivity contribution in [2.45, 2.75) is 26.3 Å². The molecule has 1 rings (SSSR count). The first kappa shape index (κ1) is 17.1. The first-order valence-electron chi connectivity index (χ1n) is 6.42. The SMILES string of the molecule is CCC(C(C)=CC(=NO)C(=O)Nc1ccc(=O)[nH]c1)[N+](=O)[O-]. The van der Waals surface area contributed by atoms with Crippen LogP contribution in [0.2, 0.25) is 0 Å². The van der Waals surface area contributed by atoms with E-state index in [2.05, 4.69) is 15.5 Å². The minimum atomic E-state index is -0.961. The summed E-state index contributed by atoms with van der Waals surface area (Å²) in [4.78, 5) is 35.6. The second kappa shape index (κ2) is 7.72. The number of carbonyl (C=O) groups is 1. The molecule has 0 radical (unpaired) electrons. The summed E-state index contributed by atoms with van der Waals surface area (Å²) in [7, 11) is 0. The number of anilines is 1. The van der Waals surface area contributed by atoms with Gasteiger partial charge in [-0.3, -0.25) is 19.7 Å². The molecule has 0 saturated heterocycles. The zero-order chi connectivity index (χ0) is 16.7. The van der Waals surface area contributed by atoms with E-state index >= 15 is 0 Å². The Morgan fingerprint density at radius 2 is 2.27 bits per heavy atom. The lowest BCUT2D eigenvalue weighted by Crippen LogP contribution is -2.25. The van der Waals surface area contributed by atoms with Crippen LogP contribution < -0.4 is 10.9 Å². The number of aromatic nitrogens is 1. The molecule has 1 unspecified atom stereocenters. The van der Waals surface area contributed by atoms with Crippen LogP contribution in [0.3, 0.4) is 0 Å². The quantitative estimate of drug-likeness (QED) is 0.313. The van der Waals surface area contributed by atoms with Gasteiger partial charge >= 0.3 is 0 Å². The van der Waals surface area contributed by atoms with Crippen molar-refractivity contribution in [2.24, 2.45) is 5.16 Å². The summed E-state index contributed by atoms with van der Waals surface area (Å²) in [6.07, 6.45) is 2.67. The molecule has 22 heavy (non-hydrogen) atoms. The Morgan fingerprint density at radius 3 is 2.73 bits per heavy atom. The Morgan fingerprint density at radius 1 is 1.59 bits per heavy atom. The van der Waals surface area contributed by atoms with Crippen LogP contribution in [-0.4, -0.2) is 32.8 Å². The molecular formula is C13H16N4O5. The fourth-order valence-corrected chi connectivity index (χ4v) is 1.77. The molecule has 9 heteroatoms. The number of oxime groups is 1. The van der Waals surface area contributed by atoms with Crippen LogP contribution in [0.5, 0.6) is 0 Å². The molecule has 0 aromatic carbocycles. The van der Waals surface area contributed by atoms with Crippen LogP contribution in [0.1, 0.15) is 20.3 Å². The van der Waals surface area contributed by atoms with E-state index in [0.29, 0.717) is 0 Å². The predicted molar refractivity (Wildman–Crippen MR) is 79.7 cm³/mol. The topological polar surface area (TPSA) is 138 Å². The second-order valence-corrected chi connectivity index (χ2v) is 4.48. The van der Waals surface area contributed by atoms with Gasteiger partial charge in [-0.25, -0.2) is 0 Å². The molecule has 1 aromatic rings. The Kier molecular flexibility index (Phi) is 5.99. The molecule has 9 nitrogen and oxygen atoms in total. The van der Waals surface area contributed by atoms with Crippen molar-refractivity contribution >= 4 is 17.3 Å². The Bertz CT molecular complexity index is 657. The molecule has 0 bridgehead atoms. The fraction of sp³-hybridized carbons (Fsp3) is 0.308. The van der Waals surface area contributed by atoms with Crippen LogP contribution in [0.15, 0.2) is 39.9 Å². The number of hydrogen-bond acceptors (Lipinski definition) is 6. The summed E-state index contributed by atoms with van der Waals surface area (Å²) in [6.45, 7) is 3.12. The van der Waals surface area contributed by atoms with Gasteiger partial charge in [-0.2, -0.15) is 0 Å². The minimum Gasteiger partial charge on any atom is -0.410 e. The monoisotopic (exact) mass is 308 g/mol. The molecule has 0 aliphatic heterocycles. The highest BCUT2D eigenvalue weighted by Crippen LogP contribution is 2.10. The largest absolute Gasteiger partial charge is 0.410 e. The first-order chi connectivity index (χ1) is 10.4. The van der Waals surface area contributed by atoms with Crippen LogP contribution in [0.25, 0.3) is 0 Å². The van der Waals surface area contributed by atoms with Gasteiger partial charge in [0.25, 0.3) is 5.91 Å². The maximum absolute atomic E-state index is 11.9. The molecule has 1 amide bonds. The van der Waals surface area contributed by atoms with Gasteiger partial charge in [0.2, 0.25) is 11.6 Å². The summed E-state index contributed by atoms with van der Waals surface area (Å²) in [5.74, 6) is -0.757. The number of hydrogen-bond donors (Lipinski definition) is 3. The third-order valence-corrected chi connectivity index (χ3v) is 2.91. The molecule has 3 N–H and O–H groups in total. The molecule has 0 fully saturated rings. The molecule has 0 spiro atoms. The molecule has 1 atom stereocenters. The van der Waals surface area contributed by atoms with E-state index in [1.807, 2.05) is 0 Å². The zero-order valence-corrected chi connectivity index (χ0v) is 12.1. The molecule has 0 aliphatic carbocycles. The number of rotatable bonds is 6. The van der Waals surface area contributed by atoms with Crippen molar-refractivity contribution in [3.8, 4) is 0 Å². The number of amides is 1. The van der Waals surface area contributed by atoms with Crippen LogP contribution in [-0.2, 0) is 4.79 Å². The molecule has 0 saturated carbocycles. The van der Waals surface area contributed by atoms with E-state index in [1.165, 1.54) is 25.3 Å². The van der Waals surface area contributed by atoms with Gasteiger partial charge in [-0.05, 0) is 19.1 Å². The average Bonchev–Trinajstić information content (AvgIpc) is 2.47. The highest BCUT2D eigenvalue weighted by molar-refractivity contribution is 6.47. The summed E-state index contributed by atoms with van der Waals surface area (Å²) in [5.41, 5.74) is -0.124. The first-order valence-corrected chi connectivity index (χ1v) is 6.42. The summed E-state index contributed by atoms with van der Waals surface area (Å²) >= 11 is 0. The average molecular weight is 308 g/mol. The van der Waals surface area contributed by atoms with Gasteiger partial charge in [-0.1, -0.05) is 12.1 Å². The summed E-state index contributed by atoms with van der Waals surface area (Å²) in [5, 5.41) is 25.0. The Hall–Kier alpha value is -2.97. The normalized spacial score (nSPS) is 13.5. The second-order valence-electron chi connectivity index (χ2n) is 4.48. The number of nitrogens with one attached hydrogen (secondary N) is 2. The third-order valence-electron chi connectivity index (χ3n) is 2.91. The van der Waals surface area contributed by atoms with Crippen molar-refractivity contribution < 1.29 is 14.9 Å². The van der Waals surface area contributed by atoms with Gasteiger partial charge in [0.15, 0.2) is 5.71 Å². The highest BCUT2D eigenvalue weighted by atomic mass is 16.6. The molecule has 1 aromatic heterocycles. The van der Waals surface area contributed by atoms with Gasteiger partial charge in [0, 0.05) is 29.2 Å². The van der Waals surface area contributed by atoms with Crippen molar-refractivity contribution in [3.63, 3.8) is 0 Å². The Labute approximate surface area is 125 Å². The molecular weight excluding hydrogens is 292 g/mol. The van der Waals surface area contributed by atoms with E-state index in [0.717, 1.165) is 6.08 Å².